The van der Waals surface area contributed by atoms with Crippen molar-refractivity contribution in [2.75, 3.05) is 6.54 Å². The van der Waals surface area contributed by atoms with Crippen molar-refractivity contribution in [1.82, 2.24) is 5.06 Å². The molecular weight excluding hydrogens is 162 g/mol. The normalized spacial score (nSPS) is 24.8. The van der Waals surface area contributed by atoms with Crippen LogP contribution in [0.25, 0.3) is 0 Å². The highest BCUT2D eigenvalue weighted by atomic mass is 16.7. The fourth-order valence-electron chi connectivity index (χ4n) is 1.02. The second kappa shape index (κ2) is 3.10. The van der Waals surface area contributed by atoms with E-state index in [1.165, 1.54) is 13.8 Å². The van der Waals surface area contributed by atoms with Crippen molar-refractivity contribution in [3.05, 3.63) is 0 Å². The number of amides is 1. The first-order valence-corrected chi connectivity index (χ1v) is 3.70. The van der Waals surface area contributed by atoms with Crippen LogP contribution < -0.4 is 0 Å². The van der Waals surface area contributed by atoms with Crippen LogP contribution in [-0.4, -0.2) is 34.7 Å². The lowest BCUT2D eigenvalue weighted by atomic mass is 9.96. The minimum atomic E-state index is -0.677. The number of hydrogen-bond donors (Lipinski definition) is 1. The van der Waals surface area contributed by atoms with Gasteiger partial charge in [0.2, 0.25) is 0 Å². The topological polar surface area (TPSA) is 66.8 Å². The minimum Gasteiger partial charge on any atom is -0.393 e. The first-order valence-electron chi connectivity index (χ1n) is 3.70. The Hall–Kier alpha value is -1.10. The molecule has 0 aromatic rings. The van der Waals surface area contributed by atoms with Crippen LogP contribution in [0.2, 0.25) is 0 Å². The molecule has 68 valence electrons. The summed E-state index contributed by atoms with van der Waals surface area (Å²) in [7, 11) is 0. The predicted molar refractivity (Wildman–Crippen MR) is 38.6 cm³/mol. The summed E-state index contributed by atoms with van der Waals surface area (Å²) in [6.07, 6.45) is -0.677. The fourth-order valence-corrected chi connectivity index (χ4v) is 1.02. The van der Waals surface area contributed by atoms with Gasteiger partial charge in [-0.2, -0.15) is 5.06 Å². The number of rotatable bonds is 2. The Morgan fingerprint density at radius 1 is 1.83 bits per heavy atom. The summed E-state index contributed by atoms with van der Waals surface area (Å²) in [6.45, 7) is 3.05. The molecule has 1 N–H and O–H groups in total. The number of aliphatic hydroxyl groups is 1. The zero-order chi connectivity index (χ0) is 9.30. The SMILES string of the molecule is CC(=O)ON1CC([C@@H](C)O)C1=O. The van der Waals surface area contributed by atoms with Crippen LogP contribution in [0.5, 0.6) is 0 Å². The Labute approximate surface area is 69.9 Å². The van der Waals surface area contributed by atoms with Gasteiger partial charge in [-0.25, -0.2) is 0 Å². The van der Waals surface area contributed by atoms with Gasteiger partial charge in [0, 0.05) is 6.92 Å². The molecule has 1 amide bonds. The lowest BCUT2D eigenvalue weighted by Gasteiger charge is -2.36. The Balaban J connectivity index is 2.39. The maximum atomic E-state index is 11.0. The number of β-lactam (4-membered cyclic amide) rings is 1. The predicted octanol–water partition coefficient (Wildman–Crippen LogP) is -0.696. The zero-order valence-corrected chi connectivity index (χ0v) is 6.98. The van der Waals surface area contributed by atoms with Crippen LogP contribution in [0.15, 0.2) is 0 Å². The molecule has 1 aliphatic heterocycles. The molecule has 2 atom stereocenters. The van der Waals surface area contributed by atoms with Gasteiger partial charge in [0.1, 0.15) is 0 Å². The number of carbonyl (C=O) groups is 2. The van der Waals surface area contributed by atoms with Crippen molar-refractivity contribution in [2.24, 2.45) is 5.92 Å². The average Bonchev–Trinajstić information content (AvgIpc) is 1.95. The average molecular weight is 173 g/mol. The number of carbonyl (C=O) groups excluding carboxylic acids is 2. The van der Waals surface area contributed by atoms with Crippen LogP contribution in [0.3, 0.4) is 0 Å². The molecule has 1 rings (SSSR count). The van der Waals surface area contributed by atoms with E-state index in [1.807, 2.05) is 0 Å². The van der Waals surface area contributed by atoms with E-state index in [4.69, 9.17) is 5.11 Å². The molecule has 0 aromatic heterocycles. The van der Waals surface area contributed by atoms with Crippen molar-refractivity contribution in [2.45, 2.75) is 20.0 Å². The lowest BCUT2D eigenvalue weighted by Crippen LogP contribution is -2.56. The summed E-state index contributed by atoms with van der Waals surface area (Å²) in [5, 5.41) is 9.96. The van der Waals surface area contributed by atoms with E-state index in [1.54, 1.807) is 0 Å². The molecule has 0 aromatic carbocycles. The monoisotopic (exact) mass is 173 g/mol. The molecule has 0 bridgehead atoms. The summed E-state index contributed by atoms with van der Waals surface area (Å²) in [4.78, 5) is 25.9. The van der Waals surface area contributed by atoms with Crippen LogP contribution in [0.4, 0.5) is 0 Å². The van der Waals surface area contributed by atoms with E-state index in [0.717, 1.165) is 5.06 Å². The Bertz CT molecular complexity index is 213. The molecule has 5 nitrogen and oxygen atoms in total. The van der Waals surface area contributed by atoms with Gasteiger partial charge in [-0.15, -0.1) is 0 Å². The van der Waals surface area contributed by atoms with E-state index in [-0.39, 0.29) is 12.5 Å². The number of nitrogens with zero attached hydrogens (tertiary/aromatic N) is 1. The maximum absolute atomic E-state index is 11.0. The van der Waals surface area contributed by atoms with Gasteiger partial charge >= 0.3 is 5.97 Å². The summed E-state index contributed by atoms with van der Waals surface area (Å²) >= 11 is 0. The van der Waals surface area contributed by atoms with Crippen LogP contribution in [-0.2, 0) is 14.4 Å². The highest BCUT2D eigenvalue weighted by Crippen LogP contribution is 2.21. The van der Waals surface area contributed by atoms with E-state index >= 15 is 0 Å². The molecule has 12 heavy (non-hydrogen) atoms. The molecule has 1 aliphatic rings. The van der Waals surface area contributed by atoms with Crippen molar-refractivity contribution in [1.29, 1.82) is 0 Å². The number of hydrogen-bond acceptors (Lipinski definition) is 4. The second-order valence-electron chi connectivity index (χ2n) is 2.83. The lowest BCUT2D eigenvalue weighted by molar-refractivity contribution is -0.225. The third kappa shape index (κ3) is 1.55. The van der Waals surface area contributed by atoms with E-state index < -0.39 is 18.0 Å². The third-order valence-corrected chi connectivity index (χ3v) is 1.75. The summed E-state index contributed by atoms with van der Waals surface area (Å²) < 4.78 is 0. The van der Waals surface area contributed by atoms with Crippen molar-refractivity contribution in [3.8, 4) is 0 Å². The summed E-state index contributed by atoms with van der Waals surface area (Å²) in [5.41, 5.74) is 0. The summed E-state index contributed by atoms with van der Waals surface area (Å²) in [6, 6.07) is 0. The quantitative estimate of drug-likeness (QED) is 0.561. The molecule has 5 heteroatoms. The van der Waals surface area contributed by atoms with Crippen molar-refractivity contribution in [3.63, 3.8) is 0 Å². The van der Waals surface area contributed by atoms with Gasteiger partial charge in [-0.1, -0.05) is 0 Å². The van der Waals surface area contributed by atoms with E-state index in [9.17, 15) is 9.59 Å². The molecule has 0 aliphatic carbocycles. The zero-order valence-electron chi connectivity index (χ0n) is 6.98. The molecule has 1 fully saturated rings. The van der Waals surface area contributed by atoms with Crippen molar-refractivity contribution >= 4 is 11.9 Å². The standard InChI is InChI=1S/C7H11NO4/c1-4(9)6-3-8(7(6)11)12-5(2)10/h4,6,9H,3H2,1-2H3/t4-,6?/m1/s1. The van der Waals surface area contributed by atoms with Gasteiger partial charge in [-0.05, 0) is 6.92 Å². The molecule has 1 heterocycles. The highest BCUT2D eigenvalue weighted by Gasteiger charge is 2.42. The highest BCUT2D eigenvalue weighted by molar-refractivity contribution is 5.85. The van der Waals surface area contributed by atoms with Crippen LogP contribution in [0.1, 0.15) is 13.8 Å². The molecule has 0 radical (unpaired) electrons. The maximum Gasteiger partial charge on any atom is 0.329 e. The number of hydroxylamine groups is 2. The first-order chi connectivity index (χ1) is 5.52. The molecule has 1 saturated heterocycles. The smallest absolute Gasteiger partial charge is 0.329 e. The molecule has 0 spiro atoms. The third-order valence-electron chi connectivity index (χ3n) is 1.75. The van der Waals surface area contributed by atoms with Gasteiger partial charge in [-0.3, -0.25) is 9.59 Å². The van der Waals surface area contributed by atoms with Crippen molar-refractivity contribution < 1.29 is 19.5 Å². The molecule has 0 saturated carbocycles. The van der Waals surface area contributed by atoms with Gasteiger partial charge < -0.3 is 9.94 Å². The minimum absolute atomic E-state index is 0.288. The molecular formula is C7H11NO4. The van der Waals surface area contributed by atoms with Gasteiger partial charge in [0.15, 0.2) is 0 Å². The van der Waals surface area contributed by atoms with Gasteiger partial charge in [0.05, 0.1) is 18.6 Å². The van der Waals surface area contributed by atoms with Crippen LogP contribution in [0, 0.1) is 5.92 Å². The van der Waals surface area contributed by atoms with E-state index in [2.05, 4.69) is 4.84 Å². The first kappa shape index (κ1) is 8.99. The largest absolute Gasteiger partial charge is 0.393 e. The fraction of sp³-hybridized carbons (Fsp3) is 0.714. The Morgan fingerprint density at radius 3 is 2.75 bits per heavy atom. The van der Waals surface area contributed by atoms with E-state index in [0.29, 0.717) is 0 Å². The van der Waals surface area contributed by atoms with Gasteiger partial charge in [0.25, 0.3) is 5.91 Å². The molecule has 1 unspecified atom stereocenters. The second-order valence-corrected chi connectivity index (χ2v) is 2.83. The Kier molecular flexibility index (Phi) is 2.32. The number of aliphatic hydroxyl groups excluding tert-OH is 1. The summed E-state index contributed by atoms with van der Waals surface area (Å²) in [5.74, 6) is -1.27. The van der Waals surface area contributed by atoms with Crippen LogP contribution >= 0.6 is 0 Å². The Morgan fingerprint density at radius 2 is 2.42 bits per heavy atom.